The van der Waals surface area contributed by atoms with Crippen LogP contribution in [0.4, 0.5) is 8.78 Å². The van der Waals surface area contributed by atoms with Crippen LogP contribution in [0.25, 0.3) is 0 Å². The lowest BCUT2D eigenvalue weighted by atomic mass is 10.0. The van der Waals surface area contributed by atoms with E-state index in [1.165, 1.54) is 18.2 Å². The number of rotatable bonds is 5. The van der Waals surface area contributed by atoms with Crippen molar-refractivity contribution in [3.05, 3.63) is 71.3 Å². The molecule has 0 amide bonds. The average molecular weight is 263 g/mol. The molecule has 100 valence electrons. The molecule has 0 aliphatic heterocycles. The molecule has 19 heavy (non-hydrogen) atoms. The third-order valence-electron chi connectivity index (χ3n) is 2.76. The van der Waals surface area contributed by atoms with Crippen molar-refractivity contribution in [1.82, 2.24) is 0 Å². The standard InChI is InChI=1S/C15H15F2NO/c16-12-7-5-11(6-8-12)15(19-10-9-18)13-3-1-2-4-14(13)17/h1-8,15H,9-10,18H2. The van der Waals surface area contributed by atoms with E-state index in [1.807, 2.05) is 0 Å². The second-order valence-corrected chi connectivity index (χ2v) is 4.11. The van der Waals surface area contributed by atoms with Gasteiger partial charge >= 0.3 is 0 Å². The van der Waals surface area contributed by atoms with Crippen molar-refractivity contribution in [1.29, 1.82) is 0 Å². The Hall–Kier alpha value is -1.78. The van der Waals surface area contributed by atoms with E-state index >= 15 is 0 Å². The summed E-state index contributed by atoms with van der Waals surface area (Å²) in [5.74, 6) is -0.691. The van der Waals surface area contributed by atoms with Crippen molar-refractivity contribution in [3.8, 4) is 0 Å². The smallest absolute Gasteiger partial charge is 0.129 e. The zero-order chi connectivity index (χ0) is 13.7. The summed E-state index contributed by atoms with van der Waals surface area (Å²) < 4.78 is 32.4. The zero-order valence-corrected chi connectivity index (χ0v) is 10.4. The van der Waals surface area contributed by atoms with Crippen molar-refractivity contribution in [2.45, 2.75) is 6.10 Å². The maximum absolute atomic E-state index is 13.8. The van der Waals surface area contributed by atoms with E-state index in [-0.39, 0.29) is 11.6 Å². The molecule has 0 spiro atoms. The van der Waals surface area contributed by atoms with Gasteiger partial charge in [0.15, 0.2) is 0 Å². The van der Waals surface area contributed by atoms with Gasteiger partial charge in [-0.25, -0.2) is 8.78 Å². The fourth-order valence-electron chi connectivity index (χ4n) is 1.88. The molecule has 0 heterocycles. The summed E-state index contributed by atoms with van der Waals surface area (Å²) in [6, 6.07) is 12.2. The van der Waals surface area contributed by atoms with Gasteiger partial charge in [-0.05, 0) is 23.8 Å². The van der Waals surface area contributed by atoms with Crippen LogP contribution in [0.2, 0.25) is 0 Å². The van der Waals surface area contributed by atoms with Gasteiger partial charge < -0.3 is 10.5 Å². The minimum atomic E-state index is -0.578. The van der Waals surface area contributed by atoms with Crippen LogP contribution in [0.5, 0.6) is 0 Å². The molecule has 2 aromatic carbocycles. The highest BCUT2D eigenvalue weighted by Gasteiger charge is 2.18. The van der Waals surface area contributed by atoms with E-state index in [0.29, 0.717) is 24.3 Å². The van der Waals surface area contributed by atoms with Crippen molar-refractivity contribution >= 4 is 0 Å². The molecule has 4 heteroatoms. The Morgan fingerprint density at radius 1 is 1.00 bits per heavy atom. The van der Waals surface area contributed by atoms with Gasteiger partial charge in [0.05, 0.1) is 6.61 Å². The summed E-state index contributed by atoms with van der Waals surface area (Å²) in [5, 5.41) is 0. The molecule has 2 rings (SSSR count). The molecule has 2 nitrogen and oxygen atoms in total. The number of nitrogens with two attached hydrogens (primary N) is 1. The van der Waals surface area contributed by atoms with Crippen LogP contribution < -0.4 is 5.73 Å². The molecule has 0 aromatic heterocycles. The van der Waals surface area contributed by atoms with Crippen LogP contribution in [0.15, 0.2) is 48.5 Å². The average Bonchev–Trinajstić information content (AvgIpc) is 2.43. The van der Waals surface area contributed by atoms with Crippen LogP contribution in [0, 0.1) is 11.6 Å². The largest absolute Gasteiger partial charge is 0.367 e. The topological polar surface area (TPSA) is 35.2 Å². The maximum atomic E-state index is 13.8. The Labute approximate surface area is 110 Å². The third-order valence-corrected chi connectivity index (χ3v) is 2.76. The highest BCUT2D eigenvalue weighted by atomic mass is 19.1. The summed E-state index contributed by atoms with van der Waals surface area (Å²) >= 11 is 0. The van der Waals surface area contributed by atoms with E-state index < -0.39 is 6.10 Å². The lowest BCUT2D eigenvalue weighted by molar-refractivity contribution is 0.0839. The molecular weight excluding hydrogens is 248 g/mol. The SMILES string of the molecule is NCCOC(c1ccc(F)cc1)c1ccccc1F. The number of halogens is 2. The molecule has 0 radical (unpaired) electrons. The highest BCUT2D eigenvalue weighted by Crippen LogP contribution is 2.28. The second kappa shape index (κ2) is 6.41. The van der Waals surface area contributed by atoms with Gasteiger partial charge in [-0.3, -0.25) is 0 Å². The van der Waals surface area contributed by atoms with Crippen LogP contribution in [-0.4, -0.2) is 13.2 Å². The first-order chi connectivity index (χ1) is 9.22. The minimum absolute atomic E-state index is 0.302. The molecule has 2 N–H and O–H groups in total. The van der Waals surface area contributed by atoms with Crippen molar-refractivity contribution in [3.63, 3.8) is 0 Å². The van der Waals surface area contributed by atoms with Crippen molar-refractivity contribution in [2.24, 2.45) is 5.73 Å². The van der Waals surface area contributed by atoms with Gasteiger partial charge in [-0.1, -0.05) is 30.3 Å². The van der Waals surface area contributed by atoms with Gasteiger partial charge in [-0.2, -0.15) is 0 Å². The number of hydrogen-bond acceptors (Lipinski definition) is 2. The van der Waals surface area contributed by atoms with Crippen molar-refractivity contribution < 1.29 is 13.5 Å². The molecule has 0 aliphatic rings. The van der Waals surface area contributed by atoms with Crippen LogP contribution in [0.3, 0.4) is 0 Å². The monoisotopic (exact) mass is 263 g/mol. The quantitative estimate of drug-likeness (QED) is 0.900. The van der Waals surface area contributed by atoms with Gasteiger partial charge in [0.1, 0.15) is 17.7 Å². The molecular formula is C15H15F2NO. The van der Waals surface area contributed by atoms with Gasteiger partial charge in [0.2, 0.25) is 0 Å². The lowest BCUT2D eigenvalue weighted by Gasteiger charge is -2.19. The third kappa shape index (κ3) is 3.36. The fourth-order valence-corrected chi connectivity index (χ4v) is 1.88. The summed E-state index contributed by atoms with van der Waals surface area (Å²) in [7, 11) is 0. The van der Waals surface area contributed by atoms with Crippen LogP contribution in [-0.2, 0) is 4.74 Å². The van der Waals surface area contributed by atoms with Gasteiger partial charge in [0, 0.05) is 12.1 Å². The predicted octanol–water partition coefficient (Wildman–Crippen LogP) is 3.03. The Balaban J connectivity index is 2.35. The Morgan fingerprint density at radius 3 is 2.32 bits per heavy atom. The first kappa shape index (κ1) is 13.6. The Kier molecular flexibility index (Phi) is 4.60. The number of ether oxygens (including phenoxy) is 1. The Morgan fingerprint density at radius 2 is 1.68 bits per heavy atom. The Bertz CT molecular complexity index is 528. The summed E-state index contributed by atoms with van der Waals surface area (Å²) in [4.78, 5) is 0. The normalized spacial score (nSPS) is 12.4. The molecule has 0 bridgehead atoms. The highest BCUT2D eigenvalue weighted by molar-refractivity contribution is 5.31. The minimum Gasteiger partial charge on any atom is -0.367 e. The van der Waals surface area contributed by atoms with E-state index in [2.05, 4.69) is 0 Å². The van der Waals surface area contributed by atoms with E-state index in [1.54, 1.807) is 30.3 Å². The lowest BCUT2D eigenvalue weighted by Crippen LogP contribution is -2.14. The summed E-state index contributed by atoms with van der Waals surface area (Å²) in [5.41, 5.74) is 6.53. The van der Waals surface area contributed by atoms with Gasteiger partial charge in [0.25, 0.3) is 0 Å². The number of hydrogen-bond donors (Lipinski definition) is 1. The summed E-state index contributed by atoms with van der Waals surface area (Å²) in [6.07, 6.45) is -0.578. The molecule has 0 fully saturated rings. The molecule has 0 saturated heterocycles. The van der Waals surface area contributed by atoms with Crippen molar-refractivity contribution in [2.75, 3.05) is 13.2 Å². The molecule has 0 aliphatic carbocycles. The first-order valence-electron chi connectivity index (χ1n) is 6.04. The first-order valence-corrected chi connectivity index (χ1v) is 6.04. The summed E-state index contributed by atoms with van der Waals surface area (Å²) in [6.45, 7) is 0.641. The zero-order valence-electron chi connectivity index (χ0n) is 10.4. The second-order valence-electron chi connectivity index (χ2n) is 4.11. The van der Waals surface area contributed by atoms with Crippen LogP contribution >= 0.6 is 0 Å². The maximum Gasteiger partial charge on any atom is 0.129 e. The van der Waals surface area contributed by atoms with E-state index in [4.69, 9.17) is 10.5 Å². The van der Waals surface area contributed by atoms with E-state index in [0.717, 1.165) is 0 Å². The fraction of sp³-hybridized carbons (Fsp3) is 0.200. The number of benzene rings is 2. The predicted molar refractivity (Wildman–Crippen MR) is 69.6 cm³/mol. The molecule has 1 unspecified atom stereocenters. The van der Waals surface area contributed by atoms with E-state index in [9.17, 15) is 8.78 Å². The molecule has 0 saturated carbocycles. The molecule has 2 aromatic rings. The van der Waals surface area contributed by atoms with Crippen LogP contribution in [0.1, 0.15) is 17.2 Å². The molecule has 1 atom stereocenters. The van der Waals surface area contributed by atoms with Gasteiger partial charge in [-0.15, -0.1) is 0 Å².